The number of carboxylic acids is 1. The second kappa shape index (κ2) is 10.6. The molecule has 1 aliphatic heterocycles. The van der Waals surface area contributed by atoms with E-state index in [1.165, 1.54) is 16.7 Å². The molecule has 1 saturated heterocycles. The van der Waals surface area contributed by atoms with E-state index in [4.69, 9.17) is 4.74 Å². The van der Waals surface area contributed by atoms with Crippen LogP contribution >= 0.6 is 11.8 Å². The zero-order valence-electron chi connectivity index (χ0n) is 18.4. The first-order valence-corrected chi connectivity index (χ1v) is 12.1. The second-order valence-corrected chi connectivity index (χ2v) is 9.12. The number of fused-ring (bicyclic) bond motifs is 3. The molecule has 0 aromatic heterocycles. The molecule has 10 heteroatoms. The highest BCUT2D eigenvalue weighted by Crippen LogP contribution is 2.44. The lowest BCUT2D eigenvalue weighted by molar-refractivity contribution is -0.149. The van der Waals surface area contributed by atoms with Crippen molar-refractivity contribution in [2.45, 2.75) is 12.0 Å². The highest BCUT2D eigenvalue weighted by molar-refractivity contribution is 7.99. The molecule has 1 fully saturated rings. The van der Waals surface area contributed by atoms with Crippen molar-refractivity contribution in [3.8, 4) is 11.1 Å². The first-order valence-electron chi connectivity index (χ1n) is 10.9. The summed E-state index contributed by atoms with van der Waals surface area (Å²) in [6.07, 6.45) is -0.734. The molecule has 9 nitrogen and oxygen atoms in total. The number of benzene rings is 2. The third-order valence-corrected chi connectivity index (χ3v) is 6.93. The van der Waals surface area contributed by atoms with Crippen LogP contribution in [0.3, 0.4) is 0 Å². The van der Waals surface area contributed by atoms with Gasteiger partial charge in [0.05, 0.1) is 6.54 Å². The molecule has 2 aliphatic rings. The average molecular weight is 484 g/mol. The lowest BCUT2D eigenvalue weighted by atomic mass is 9.98. The highest BCUT2D eigenvalue weighted by atomic mass is 32.2. The first-order chi connectivity index (χ1) is 16.5. The van der Waals surface area contributed by atoms with Crippen molar-refractivity contribution in [3.05, 3.63) is 59.7 Å². The summed E-state index contributed by atoms with van der Waals surface area (Å²) in [7, 11) is 0. The molecule has 0 saturated carbocycles. The van der Waals surface area contributed by atoms with Crippen molar-refractivity contribution < 1.29 is 29.0 Å². The normalized spacial score (nSPS) is 16.8. The van der Waals surface area contributed by atoms with Crippen LogP contribution in [0.25, 0.3) is 11.1 Å². The lowest BCUT2D eigenvalue weighted by Gasteiger charge is -2.32. The summed E-state index contributed by atoms with van der Waals surface area (Å²) in [5, 5.41) is 14.1. The van der Waals surface area contributed by atoms with Crippen molar-refractivity contribution in [1.29, 1.82) is 0 Å². The van der Waals surface area contributed by atoms with Crippen LogP contribution < -0.4 is 10.6 Å². The molecule has 0 spiro atoms. The highest BCUT2D eigenvalue weighted by Gasteiger charge is 2.32. The van der Waals surface area contributed by atoms with Gasteiger partial charge in [0.15, 0.2) is 0 Å². The quantitative estimate of drug-likeness (QED) is 0.547. The van der Waals surface area contributed by atoms with Crippen LogP contribution in [0, 0.1) is 0 Å². The number of amides is 3. The van der Waals surface area contributed by atoms with Gasteiger partial charge >= 0.3 is 12.1 Å². The smallest absolute Gasteiger partial charge is 0.407 e. The van der Waals surface area contributed by atoms with E-state index < -0.39 is 29.9 Å². The Morgan fingerprint density at radius 3 is 2.26 bits per heavy atom. The molecule has 3 amide bonds. The lowest BCUT2D eigenvalue weighted by Crippen LogP contribution is -2.53. The maximum Gasteiger partial charge on any atom is 0.407 e. The molecule has 0 radical (unpaired) electrons. The van der Waals surface area contributed by atoms with Crippen LogP contribution in [0.1, 0.15) is 17.0 Å². The number of alkyl carbamates (subject to hydrolysis) is 1. The van der Waals surface area contributed by atoms with Crippen LogP contribution in [0.2, 0.25) is 0 Å². The number of carbonyl (C=O) groups excluding carboxylic acids is 3. The Balaban J connectivity index is 1.23. The van der Waals surface area contributed by atoms with Gasteiger partial charge in [0.2, 0.25) is 11.8 Å². The first kappa shape index (κ1) is 23.6. The number of nitrogens with zero attached hydrogens (tertiary/aromatic N) is 1. The van der Waals surface area contributed by atoms with Crippen molar-refractivity contribution in [1.82, 2.24) is 15.5 Å². The SMILES string of the molecule is O=C(CNC(=O)OCC1c2ccccc2-c2ccccc21)NCC(=O)N1CCSCC1C(=O)O. The Kier molecular flexibility index (Phi) is 7.36. The molecular formula is C24H25N3O6S. The maximum atomic E-state index is 12.3. The minimum atomic E-state index is -1.07. The van der Waals surface area contributed by atoms with Gasteiger partial charge in [0, 0.05) is 24.0 Å². The van der Waals surface area contributed by atoms with Crippen LogP contribution in [-0.4, -0.2) is 77.7 Å². The molecule has 34 heavy (non-hydrogen) atoms. The van der Waals surface area contributed by atoms with Gasteiger partial charge in [-0.3, -0.25) is 9.59 Å². The Labute approximate surface area is 200 Å². The van der Waals surface area contributed by atoms with Gasteiger partial charge in [0.25, 0.3) is 0 Å². The van der Waals surface area contributed by atoms with Crippen molar-refractivity contribution >= 4 is 35.6 Å². The molecule has 178 valence electrons. The summed E-state index contributed by atoms with van der Waals surface area (Å²) in [5.74, 6) is -1.23. The summed E-state index contributed by atoms with van der Waals surface area (Å²) in [4.78, 5) is 49.2. The Hall–Kier alpha value is -3.53. The van der Waals surface area contributed by atoms with E-state index in [0.717, 1.165) is 22.3 Å². The predicted octanol–water partition coefficient (Wildman–Crippen LogP) is 1.67. The number of nitrogens with one attached hydrogen (secondary N) is 2. The van der Waals surface area contributed by atoms with Gasteiger partial charge < -0.3 is 25.4 Å². The minimum absolute atomic E-state index is 0.0884. The number of ether oxygens (including phenoxy) is 1. The van der Waals surface area contributed by atoms with E-state index in [1.54, 1.807) is 0 Å². The summed E-state index contributed by atoms with van der Waals surface area (Å²) in [5.41, 5.74) is 4.41. The fourth-order valence-corrected chi connectivity index (χ4v) is 5.29. The molecule has 1 unspecified atom stereocenters. The molecule has 4 rings (SSSR count). The van der Waals surface area contributed by atoms with Gasteiger partial charge in [-0.1, -0.05) is 48.5 Å². The Morgan fingerprint density at radius 2 is 1.62 bits per heavy atom. The Bertz CT molecular complexity index is 1060. The number of rotatable bonds is 7. The van der Waals surface area contributed by atoms with Gasteiger partial charge in [-0.25, -0.2) is 9.59 Å². The predicted molar refractivity (Wildman–Crippen MR) is 127 cm³/mol. The van der Waals surface area contributed by atoms with Crippen LogP contribution in [0.15, 0.2) is 48.5 Å². The summed E-state index contributed by atoms with van der Waals surface area (Å²) in [6, 6.07) is 15.1. The summed E-state index contributed by atoms with van der Waals surface area (Å²) in [6.45, 7) is -0.250. The minimum Gasteiger partial charge on any atom is -0.480 e. The summed E-state index contributed by atoms with van der Waals surface area (Å²) < 4.78 is 5.38. The zero-order chi connectivity index (χ0) is 24.1. The molecular weight excluding hydrogens is 458 g/mol. The molecule has 2 aromatic carbocycles. The number of hydrogen-bond acceptors (Lipinski definition) is 6. The van der Waals surface area contributed by atoms with Crippen LogP contribution in [0.4, 0.5) is 4.79 Å². The number of thioether (sulfide) groups is 1. The molecule has 1 heterocycles. The number of carboxylic acid groups (broad SMARTS) is 1. The van der Waals surface area contributed by atoms with Crippen LogP contribution in [-0.2, 0) is 19.1 Å². The molecule has 1 atom stereocenters. The average Bonchev–Trinajstić information content (AvgIpc) is 3.18. The van der Waals surface area contributed by atoms with E-state index in [-0.39, 0.29) is 25.6 Å². The van der Waals surface area contributed by atoms with Crippen LogP contribution in [0.5, 0.6) is 0 Å². The molecule has 0 bridgehead atoms. The van der Waals surface area contributed by atoms with E-state index in [2.05, 4.69) is 10.6 Å². The number of carbonyl (C=O) groups is 4. The fourth-order valence-electron chi connectivity index (χ4n) is 4.25. The maximum absolute atomic E-state index is 12.3. The van der Waals surface area contributed by atoms with Gasteiger partial charge in [-0.2, -0.15) is 11.8 Å². The van der Waals surface area contributed by atoms with E-state index in [0.29, 0.717) is 18.1 Å². The third-order valence-electron chi connectivity index (χ3n) is 5.91. The molecule has 3 N–H and O–H groups in total. The number of hydrogen-bond donors (Lipinski definition) is 3. The second-order valence-electron chi connectivity index (χ2n) is 7.97. The van der Waals surface area contributed by atoms with Crippen molar-refractivity contribution in [2.75, 3.05) is 37.7 Å². The van der Waals surface area contributed by atoms with E-state index in [1.807, 2.05) is 48.5 Å². The van der Waals surface area contributed by atoms with E-state index >= 15 is 0 Å². The van der Waals surface area contributed by atoms with Gasteiger partial charge in [0.1, 0.15) is 19.2 Å². The van der Waals surface area contributed by atoms with Crippen molar-refractivity contribution in [2.24, 2.45) is 0 Å². The molecule has 2 aromatic rings. The topological polar surface area (TPSA) is 125 Å². The Morgan fingerprint density at radius 1 is 0.971 bits per heavy atom. The molecule has 1 aliphatic carbocycles. The summed E-state index contributed by atoms with van der Waals surface area (Å²) >= 11 is 1.47. The fraction of sp³-hybridized carbons (Fsp3) is 0.333. The van der Waals surface area contributed by atoms with Gasteiger partial charge in [-0.05, 0) is 22.3 Å². The van der Waals surface area contributed by atoms with Gasteiger partial charge in [-0.15, -0.1) is 0 Å². The number of aliphatic carboxylic acids is 1. The zero-order valence-corrected chi connectivity index (χ0v) is 19.2. The van der Waals surface area contributed by atoms with Crippen molar-refractivity contribution in [3.63, 3.8) is 0 Å². The largest absolute Gasteiger partial charge is 0.480 e. The third kappa shape index (κ3) is 5.17. The standard InChI is InChI=1S/C24H25N3O6S/c28-21(25-12-22(29)27-9-10-34-14-20(27)23(30)31)11-26-24(32)33-13-19-17-7-3-1-5-15(17)16-6-2-4-8-18(16)19/h1-8,19-20H,9-14H2,(H,25,28)(H,26,32)(H,30,31). The van der Waals surface area contributed by atoms with E-state index in [9.17, 15) is 24.3 Å². The monoisotopic (exact) mass is 483 g/mol.